The lowest BCUT2D eigenvalue weighted by molar-refractivity contribution is 0.0936. The summed E-state index contributed by atoms with van der Waals surface area (Å²) in [7, 11) is 0. The number of ether oxygens (including phenoxy) is 1. The predicted octanol–water partition coefficient (Wildman–Crippen LogP) is 1.46. The van der Waals surface area contributed by atoms with Crippen LogP contribution < -0.4 is 16.4 Å². The summed E-state index contributed by atoms with van der Waals surface area (Å²) in [6, 6.07) is 3.45. The number of primary amides is 1. The van der Waals surface area contributed by atoms with Crippen LogP contribution in [0.15, 0.2) is 12.1 Å². The molecule has 116 valence electrons. The Morgan fingerprint density at radius 1 is 1.38 bits per heavy atom. The third-order valence-corrected chi connectivity index (χ3v) is 2.69. The molecule has 4 N–H and O–H groups in total. The number of rotatable bonds is 7. The lowest BCUT2D eigenvalue weighted by Crippen LogP contribution is -2.29. The van der Waals surface area contributed by atoms with Crippen molar-refractivity contribution in [2.45, 2.75) is 26.7 Å². The highest BCUT2D eigenvalue weighted by molar-refractivity contribution is 5.95. The minimum atomic E-state index is -0.857. The first-order chi connectivity index (χ1) is 9.93. The summed E-state index contributed by atoms with van der Waals surface area (Å²) in [5, 5.41) is 5.77. The molecule has 0 atom stereocenters. The van der Waals surface area contributed by atoms with E-state index in [4.69, 9.17) is 5.73 Å². The fraction of sp³-hybridized carbons (Fsp3) is 0.500. The summed E-state index contributed by atoms with van der Waals surface area (Å²) in [5.41, 5.74) is 6.19. The number of nitrogens with zero attached hydrogens (tertiary/aromatic N) is 1. The lowest BCUT2D eigenvalue weighted by Gasteiger charge is -2.12. The zero-order valence-electron chi connectivity index (χ0n) is 12.6. The van der Waals surface area contributed by atoms with Crippen molar-refractivity contribution in [3.63, 3.8) is 0 Å². The molecule has 0 aliphatic heterocycles. The maximum atomic E-state index is 12.1. The molecule has 7 heteroatoms. The number of amides is 2. The van der Waals surface area contributed by atoms with Gasteiger partial charge < -0.3 is 21.1 Å². The van der Waals surface area contributed by atoms with Gasteiger partial charge in [0.1, 0.15) is 12.4 Å². The standard InChI is InChI=1S/C14H22N4O3/c1-4-16-12-8-10(7-11(18-12)9(2)3)13(19)17-5-6-21-14(15)20/h7-9H,4-6H2,1-3H3,(H2,15,20)(H,16,18)(H,17,19). The molecule has 1 aromatic heterocycles. The summed E-state index contributed by atoms with van der Waals surface area (Å²) in [6.07, 6.45) is -0.857. The van der Waals surface area contributed by atoms with Crippen LogP contribution in [0.4, 0.5) is 10.6 Å². The topological polar surface area (TPSA) is 106 Å². The number of anilines is 1. The summed E-state index contributed by atoms with van der Waals surface area (Å²) >= 11 is 0. The lowest BCUT2D eigenvalue weighted by atomic mass is 10.1. The van der Waals surface area contributed by atoms with Crippen LogP contribution >= 0.6 is 0 Å². The van der Waals surface area contributed by atoms with Crippen LogP contribution in [0.1, 0.15) is 42.7 Å². The molecule has 0 saturated carbocycles. The van der Waals surface area contributed by atoms with Gasteiger partial charge in [-0.2, -0.15) is 0 Å². The van der Waals surface area contributed by atoms with Crippen molar-refractivity contribution in [1.29, 1.82) is 0 Å². The summed E-state index contributed by atoms with van der Waals surface area (Å²) < 4.78 is 4.55. The molecule has 7 nitrogen and oxygen atoms in total. The normalized spacial score (nSPS) is 10.3. The first-order valence-electron chi connectivity index (χ1n) is 6.90. The van der Waals surface area contributed by atoms with E-state index < -0.39 is 6.09 Å². The summed E-state index contributed by atoms with van der Waals surface area (Å²) in [4.78, 5) is 27.0. The van der Waals surface area contributed by atoms with Crippen molar-refractivity contribution >= 4 is 17.8 Å². The average Bonchev–Trinajstić information content (AvgIpc) is 2.43. The van der Waals surface area contributed by atoms with Gasteiger partial charge in [-0.3, -0.25) is 4.79 Å². The van der Waals surface area contributed by atoms with Gasteiger partial charge in [-0.1, -0.05) is 13.8 Å². The average molecular weight is 294 g/mol. The van der Waals surface area contributed by atoms with Crippen LogP contribution in [-0.4, -0.2) is 36.7 Å². The van der Waals surface area contributed by atoms with Gasteiger partial charge in [-0.15, -0.1) is 0 Å². The number of hydrogen-bond donors (Lipinski definition) is 3. The third-order valence-electron chi connectivity index (χ3n) is 2.69. The van der Waals surface area contributed by atoms with E-state index in [1.165, 1.54) is 0 Å². The fourth-order valence-electron chi connectivity index (χ4n) is 1.67. The predicted molar refractivity (Wildman–Crippen MR) is 80.4 cm³/mol. The maximum Gasteiger partial charge on any atom is 0.404 e. The molecule has 0 unspecified atom stereocenters. The van der Waals surface area contributed by atoms with E-state index in [0.29, 0.717) is 11.4 Å². The van der Waals surface area contributed by atoms with E-state index in [9.17, 15) is 9.59 Å². The van der Waals surface area contributed by atoms with Gasteiger partial charge in [0.25, 0.3) is 5.91 Å². The van der Waals surface area contributed by atoms with E-state index in [0.717, 1.165) is 12.2 Å². The van der Waals surface area contributed by atoms with Crippen LogP contribution in [0.3, 0.4) is 0 Å². The molecule has 0 aromatic carbocycles. The van der Waals surface area contributed by atoms with Crippen molar-refractivity contribution in [1.82, 2.24) is 10.3 Å². The second-order valence-electron chi connectivity index (χ2n) is 4.77. The van der Waals surface area contributed by atoms with Crippen molar-refractivity contribution in [2.24, 2.45) is 5.73 Å². The van der Waals surface area contributed by atoms with Crippen LogP contribution in [0.25, 0.3) is 0 Å². The largest absolute Gasteiger partial charge is 0.448 e. The monoisotopic (exact) mass is 294 g/mol. The zero-order valence-corrected chi connectivity index (χ0v) is 12.6. The van der Waals surface area contributed by atoms with E-state index >= 15 is 0 Å². The molecule has 1 heterocycles. The van der Waals surface area contributed by atoms with Crippen molar-refractivity contribution in [2.75, 3.05) is 25.0 Å². The van der Waals surface area contributed by atoms with Crippen LogP contribution in [0.2, 0.25) is 0 Å². The number of aromatic nitrogens is 1. The Kier molecular flexibility index (Phi) is 6.45. The molecule has 0 aliphatic carbocycles. The number of nitrogens with two attached hydrogens (primary N) is 1. The Morgan fingerprint density at radius 2 is 2.10 bits per heavy atom. The molecular weight excluding hydrogens is 272 g/mol. The highest BCUT2D eigenvalue weighted by Gasteiger charge is 2.11. The Bertz CT molecular complexity index is 503. The molecular formula is C14H22N4O3. The third kappa shape index (κ3) is 5.68. The van der Waals surface area contributed by atoms with Crippen LogP contribution in [-0.2, 0) is 4.74 Å². The van der Waals surface area contributed by atoms with Crippen molar-refractivity contribution < 1.29 is 14.3 Å². The van der Waals surface area contributed by atoms with Gasteiger partial charge in [0.05, 0.1) is 6.54 Å². The highest BCUT2D eigenvalue weighted by atomic mass is 16.5. The molecule has 0 saturated heterocycles. The minimum absolute atomic E-state index is 0.0449. The molecule has 1 aromatic rings. The molecule has 0 fully saturated rings. The zero-order chi connectivity index (χ0) is 15.8. The quantitative estimate of drug-likeness (QED) is 0.660. The smallest absolute Gasteiger partial charge is 0.404 e. The van der Waals surface area contributed by atoms with Crippen molar-refractivity contribution in [3.8, 4) is 0 Å². The Balaban J connectivity index is 2.75. The fourth-order valence-corrected chi connectivity index (χ4v) is 1.67. The number of carbonyl (C=O) groups is 2. The van der Waals surface area contributed by atoms with Gasteiger partial charge in [0.15, 0.2) is 0 Å². The first kappa shape index (κ1) is 16.7. The second-order valence-corrected chi connectivity index (χ2v) is 4.77. The van der Waals surface area contributed by atoms with E-state index in [2.05, 4.69) is 20.4 Å². The van der Waals surface area contributed by atoms with E-state index in [-0.39, 0.29) is 25.0 Å². The minimum Gasteiger partial charge on any atom is -0.448 e. The molecule has 0 spiro atoms. The molecule has 0 radical (unpaired) electrons. The van der Waals surface area contributed by atoms with Crippen LogP contribution in [0.5, 0.6) is 0 Å². The van der Waals surface area contributed by atoms with Gasteiger partial charge >= 0.3 is 6.09 Å². The summed E-state index contributed by atoms with van der Waals surface area (Å²) in [6.45, 7) is 6.97. The number of pyridine rings is 1. The van der Waals surface area contributed by atoms with Crippen LogP contribution in [0, 0.1) is 0 Å². The number of nitrogens with one attached hydrogen (secondary N) is 2. The molecule has 0 bridgehead atoms. The van der Waals surface area contributed by atoms with Gasteiger partial charge in [-0.25, -0.2) is 9.78 Å². The number of carbonyl (C=O) groups excluding carboxylic acids is 2. The summed E-state index contributed by atoms with van der Waals surface area (Å²) in [5.74, 6) is 0.641. The van der Waals surface area contributed by atoms with E-state index in [1.807, 2.05) is 20.8 Å². The Morgan fingerprint density at radius 3 is 2.67 bits per heavy atom. The van der Waals surface area contributed by atoms with Crippen molar-refractivity contribution in [3.05, 3.63) is 23.4 Å². The first-order valence-corrected chi connectivity index (χ1v) is 6.90. The SMILES string of the molecule is CCNc1cc(C(=O)NCCOC(N)=O)cc(C(C)C)n1. The molecule has 2 amide bonds. The van der Waals surface area contributed by atoms with Gasteiger partial charge in [-0.05, 0) is 25.0 Å². The maximum absolute atomic E-state index is 12.1. The molecule has 1 rings (SSSR count). The molecule has 0 aliphatic rings. The Hall–Kier alpha value is -2.31. The van der Waals surface area contributed by atoms with Gasteiger partial charge in [0, 0.05) is 17.8 Å². The van der Waals surface area contributed by atoms with Gasteiger partial charge in [0.2, 0.25) is 0 Å². The number of hydrogen-bond acceptors (Lipinski definition) is 5. The molecule has 21 heavy (non-hydrogen) atoms. The van der Waals surface area contributed by atoms with E-state index in [1.54, 1.807) is 12.1 Å². The highest BCUT2D eigenvalue weighted by Crippen LogP contribution is 2.17. The second kappa shape index (κ2) is 8.08. The Labute approximate surface area is 124 Å².